The molecule has 0 fully saturated rings. The Kier molecular flexibility index (Phi) is 3.69. The van der Waals surface area contributed by atoms with E-state index in [4.69, 9.17) is 4.74 Å². The first-order valence-electron chi connectivity index (χ1n) is 7.15. The third-order valence-electron chi connectivity index (χ3n) is 3.49. The van der Waals surface area contributed by atoms with Crippen molar-refractivity contribution in [2.45, 2.75) is 6.61 Å². The van der Waals surface area contributed by atoms with E-state index in [1.165, 1.54) is 6.33 Å². The van der Waals surface area contributed by atoms with Gasteiger partial charge in [0.15, 0.2) is 17.3 Å². The highest BCUT2D eigenvalue weighted by Crippen LogP contribution is 2.26. The zero-order valence-electron chi connectivity index (χ0n) is 12.7. The van der Waals surface area contributed by atoms with Crippen molar-refractivity contribution in [1.82, 2.24) is 34.6 Å². The minimum atomic E-state index is 0.260. The zero-order valence-corrected chi connectivity index (χ0v) is 14.3. The highest BCUT2D eigenvalue weighted by atomic mass is 79.9. The van der Waals surface area contributed by atoms with Crippen molar-refractivity contribution in [3.63, 3.8) is 0 Å². The molecule has 0 spiro atoms. The van der Waals surface area contributed by atoms with Crippen LogP contribution in [0.2, 0.25) is 0 Å². The molecule has 4 aromatic rings. The van der Waals surface area contributed by atoms with E-state index >= 15 is 0 Å². The maximum atomic E-state index is 5.77. The predicted octanol–water partition coefficient (Wildman–Crippen LogP) is 2.26. The van der Waals surface area contributed by atoms with E-state index in [1.54, 1.807) is 9.20 Å². The minimum Gasteiger partial charge on any atom is -0.468 e. The second-order valence-corrected chi connectivity index (χ2v) is 5.90. The van der Waals surface area contributed by atoms with Gasteiger partial charge in [-0.15, -0.1) is 15.3 Å². The van der Waals surface area contributed by atoms with E-state index in [0.717, 1.165) is 5.56 Å². The van der Waals surface area contributed by atoms with Gasteiger partial charge in [0.1, 0.15) is 12.9 Å². The van der Waals surface area contributed by atoms with Crippen molar-refractivity contribution in [2.75, 3.05) is 0 Å². The molecule has 1 aromatic carbocycles. The average Bonchev–Trinajstić information content (AvgIpc) is 3.19. The van der Waals surface area contributed by atoms with Crippen LogP contribution in [0, 0.1) is 0 Å². The van der Waals surface area contributed by atoms with Gasteiger partial charge in [-0.25, -0.2) is 4.98 Å². The van der Waals surface area contributed by atoms with Crippen molar-refractivity contribution in [3.8, 4) is 17.3 Å². The maximum absolute atomic E-state index is 5.77. The predicted molar refractivity (Wildman–Crippen MR) is 89.3 cm³/mol. The summed E-state index contributed by atoms with van der Waals surface area (Å²) in [5.74, 6) is 1.79. The number of aromatic nitrogens is 7. The van der Waals surface area contributed by atoms with Gasteiger partial charge in [-0.05, 0) is 15.9 Å². The number of benzene rings is 1. The first-order valence-corrected chi connectivity index (χ1v) is 7.95. The quantitative estimate of drug-likeness (QED) is 0.535. The van der Waals surface area contributed by atoms with Crippen molar-refractivity contribution >= 4 is 21.6 Å². The molecule has 0 bridgehead atoms. The lowest BCUT2D eigenvalue weighted by molar-refractivity contribution is 0.272. The number of hydrogen-bond donors (Lipinski definition) is 0. The summed E-state index contributed by atoms with van der Waals surface area (Å²) in [5, 5.41) is 16.9. The molecule has 24 heavy (non-hydrogen) atoms. The fraction of sp³-hybridized carbons (Fsp3) is 0.133. The normalized spacial score (nSPS) is 11.1. The highest BCUT2D eigenvalue weighted by Gasteiger charge is 2.14. The molecular formula is C15H12BrN7O. The van der Waals surface area contributed by atoms with Gasteiger partial charge >= 0.3 is 0 Å². The van der Waals surface area contributed by atoms with Gasteiger partial charge in [0.05, 0.1) is 4.47 Å². The minimum absolute atomic E-state index is 0.260. The summed E-state index contributed by atoms with van der Waals surface area (Å²) >= 11 is 3.45. The van der Waals surface area contributed by atoms with Crippen molar-refractivity contribution in [1.29, 1.82) is 0 Å². The summed E-state index contributed by atoms with van der Waals surface area (Å²) in [5.41, 5.74) is 1.56. The second kappa shape index (κ2) is 6.00. The number of fused-ring (bicyclic) bond motifs is 1. The highest BCUT2D eigenvalue weighted by molar-refractivity contribution is 9.10. The first-order chi connectivity index (χ1) is 11.7. The number of aryl methyl sites for hydroxylation is 1. The zero-order chi connectivity index (χ0) is 16.5. The molecule has 0 amide bonds. The molecular weight excluding hydrogens is 374 g/mol. The Bertz CT molecular complexity index is 996. The Balaban J connectivity index is 1.71. The summed E-state index contributed by atoms with van der Waals surface area (Å²) < 4.78 is 9.78. The Labute approximate surface area is 145 Å². The Morgan fingerprint density at radius 1 is 1.17 bits per heavy atom. The molecule has 0 aliphatic rings. The van der Waals surface area contributed by atoms with Gasteiger partial charge < -0.3 is 4.74 Å². The van der Waals surface area contributed by atoms with Crippen LogP contribution < -0.4 is 4.74 Å². The van der Waals surface area contributed by atoms with E-state index < -0.39 is 0 Å². The second-order valence-electron chi connectivity index (χ2n) is 5.05. The summed E-state index contributed by atoms with van der Waals surface area (Å²) in [7, 11) is 1.81. The lowest BCUT2D eigenvalue weighted by atomic mass is 10.2. The monoisotopic (exact) mass is 385 g/mol. The van der Waals surface area contributed by atoms with Crippen LogP contribution in [0.4, 0.5) is 0 Å². The van der Waals surface area contributed by atoms with Crippen LogP contribution in [0.25, 0.3) is 17.0 Å². The van der Waals surface area contributed by atoms with Gasteiger partial charge in [0, 0.05) is 18.7 Å². The van der Waals surface area contributed by atoms with Gasteiger partial charge in [-0.1, -0.05) is 30.3 Å². The van der Waals surface area contributed by atoms with Gasteiger partial charge in [0.2, 0.25) is 5.88 Å². The number of hydrogen-bond acceptors (Lipinski definition) is 6. The molecule has 4 rings (SSSR count). The Morgan fingerprint density at radius 2 is 2.00 bits per heavy atom. The number of halogens is 1. The molecule has 3 aromatic heterocycles. The van der Waals surface area contributed by atoms with Crippen LogP contribution in [-0.2, 0) is 13.7 Å². The molecule has 3 heterocycles. The third-order valence-corrected chi connectivity index (χ3v) is 4.06. The molecule has 0 unspecified atom stereocenters. The molecule has 0 atom stereocenters. The fourth-order valence-electron chi connectivity index (χ4n) is 2.24. The van der Waals surface area contributed by atoms with Crippen molar-refractivity contribution < 1.29 is 4.74 Å². The first kappa shape index (κ1) is 14.8. The van der Waals surface area contributed by atoms with E-state index in [9.17, 15) is 0 Å². The van der Waals surface area contributed by atoms with E-state index in [-0.39, 0.29) is 6.61 Å². The average molecular weight is 386 g/mol. The van der Waals surface area contributed by atoms with E-state index in [1.807, 2.05) is 43.4 Å². The molecule has 9 heteroatoms. The molecule has 0 saturated carbocycles. The lowest BCUT2D eigenvalue weighted by Gasteiger charge is -2.07. The SMILES string of the molecule is Cn1ncnc1COc1nn2c(-c3ccccc3)nnc2cc1Br. The third kappa shape index (κ3) is 2.62. The van der Waals surface area contributed by atoms with E-state index in [2.05, 4.69) is 41.3 Å². The van der Waals surface area contributed by atoms with Crippen LogP contribution >= 0.6 is 15.9 Å². The summed E-state index contributed by atoms with van der Waals surface area (Å²) in [6.45, 7) is 0.260. The Morgan fingerprint density at radius 3 is 2.75 bits per heavy atom. The molecule has 0 aliphatic heterocycles. The van der Waals surface area contributed by atoms with Crippen LogP contribution in [-0.4, -0.2) is 34.6 Å². The van der Waals surface area contributed by atoms with Crippen molar-refractivity contribution in [2.24, 2.45) is 7.05 Å². The summed E-state index contributed by atoms with van der Waals surface area (Å²) in [6.07, 6.45) is 1.48. The fourth-order valence-corrected chi connectivity index (χ4v) is 2.64. The van der Waals surface area contributed by atoms with Gasteiger partial charge in [-0.2, -0.15) is 9.61 Å². The van der Waals surface area contributed by atoms with E-state index in [0.29, 0.717) is 27.6 Å². The lowest BCUT2D eigenvalue weighted by Crippen LogP contribution is -2.07. The van der Waals surface area contributed by atoms with Crippen LogP contribution in [0.5, 0.6) is 5.88 Å². The number of nitrogens with zero attached hydrogens (tertiary/aromatic N) is 7. The molecule has 0 saturated heterocycles. The molecule has 0 aliphatic carbocycles. The Hall–Kier alpha value is -2.81. The molecule has 120 valence electrons. The molecule has 0 radical (unpaired) electrons. The van der Waals surface area contributed by atoms with Crippen LogP contribution in [0.1, 0.15) is 5.82 Å². The smallest absolute Gasteiger partial charge is 0.246 e. The number of rotatable bonds is 4. The van der Waals surface area contributed by atoms with Gasteiger partial charge in [0.25, 0.3) is 0 Å². The van der Waals surface area contributed by atoms with Gasteiger partial charge in [-0.3, -0.25) is 4.68 Å². The summed E-state index contributed by atoms with van der Waals surface area (Å²) in [6, 6.07) is 11.6. The number of ether oxygens (including phenoxy) is 1. The summed E-state index contributed by atoms with van der Waals surface area (Å²) in [4.78, 5) is 4.13. The molecule has 8 nitrogen and oxygen atoms in total. The standard InChI is InChI=1S/C15H12BrN7O/c1-22-13(17-9-18-22)8-24-15-11(16)7-12-19-20-14(23(12)21-15)10-5-3-2-4-6-10/h2-7,9H,8H2,1H3. The van der Waals surface area contributed by atoms with Crippen LogP contribution in [0.15, 0.2) is 47.2 Å². The maximum Gasteiger partial charge on any atom is 0.246 e. The molecule has 0 N–H and O–H groups in total. The van der Waals surface area contributed by atoms with Crippen LogP contribution in [0.3, 0.4) is 0 Å². The topological polar surface area (TPSA) is 83.0 Å². The largest absolute Gasteiger partial charge is 0.468 e. The van der Waals surface area contributed by atoms with Crippen molar-refractivity contribution in [3.05, 3.63) is 53.0 Å².